The molecule has 1 aromatic heterocycles. The van der Waals surface area contributed by atoms with E-state index in [1.807, 2.05) is 37.3 Å². The summed E-state index contributed by atoms with van der Waals surface area (Å²) < 4.78 is 1.67. The maximum atomic E-state index is 12.6. The number of pyridine rings is 1. The van der Waals surface area contributed by atoms with Crippen molar-refractivity contribution in [3.8, 4) is 11.8 Å². The summed E-state index contributed by atoms with van der Waals surface area (Å²) in [6.45, 7) is 1.91. The standard InChI is InChI=1S/C17H12N2O/c1-12-10-14-4-2-3-5-16(14)17(20)19(12)15-8-6-13(11-18)7-9-15/h2-10H,1H3. The summed E-state index contributed by atoms with van der Waals surface area (Å²) in [5, 5.41) is 10.5. The molecule has 1 heterocycles. The van der Waals surface area contributed by atoms with Crippen LogP contribution in [0.3, 0.4) is 0 Å². The van der Waals surface area contributed by atoms with Crippen molar-refractivity contribution in [2.24, 2.45) is 0 Å². The summed E-state index contributed by atoms with van der Waals surface area (Å²) in [4.78, 5) is 12.6. The van der Waals surface area contributed by atoms with Crippen molar-refractivity contribution in [1.29, 1.82) is 5.26 Å². The first-order chi connectivity index (χ1) is 9.70. The van der Waals surface area contributed by atoms with E-state index in [9.17, 15) is 4.79 Å². The van der Waals surface area contributed by atoms with Crippen molar-refractivity contribution < 1.29 is 0 Å². The van der Waals surface area contributed by atoms with Gasteiger partial charge in [-0.25, -0.2) is 0 Å². The number of nitriles is 1. The number of nitrogens with zero attached hydrogens (tertiary/aromatic N) is 2. The van der Waals surface area contributed by atoms with Gasteiger partial charge in [-0.2, -0.15) is 5.26 Å². The first-order valence-electron chi connectivity index (χ1n) is 6.32. The monoisotopic (exact) mass is 260 g/mol. The van der Waals surface area contributed by atoms with Crippen LogP contribution in [0.4, 0.5) is 0 Å². The van der Waals surface area contributed by atoms with Crippen molar-refractivity contribution in [1.82, 2.24) is 4.57 Å². The SMILES string of the molecule is Cc1cc2ccccc2c(=O)n1-c1ccc(C#N)cc1. The van der Waals surface area contributed by atoms with Gasteiger partial charge in [0, 0.05) is 16.8 Å². The summed E-state index contributed by atoms with van der Waals surface area (Å²) in [6.07, 6.45) is 0. The minimum absolute atomic E-state index is 0.0368. The lowest BCUT2D eigenvalue weighted by Gasteiger charge is -2.11. The van der Waals surface area contributed by atoms with Gasteiger partial charge in [0.2, 0.25) is 0 Å². The van der Waals surface area contributed by atoms with Gasteiger partial charge in [0.1, 0.15) is 0 Å². The third-order valence-corrected chi connectivity index (χ3v) is 3.37. The maximum Gasteiger partial charge on any atom is 0.263 e. The number of hydrogen-bond acceptors (Lipinski definition) is 2. The van der Waals surface area contributed by atoms with Crippen LogP contribution < -0.4 is 5.56 Å². The van der Waals surface area contributed by atoms with Gasteiger partial charge in [-0.1, -0.05) is 18.2 Å². The molecule has 0 unspecified atom stereocenters. The topological polar surface area (TPSA) is 45.8 Å². The highest BCUT2D eigenvalue weighted by atomic mass is 16.1. The van der Waals surface area contributed by atoms with E-state index in [-0.39, 0.29) is 5.56 Å². The number of fused-ring (bicyclic) bond motifs is 1. The van der Waals surface area contributed by atoms with Crippen molar-refractivity contribution in [3.63, 3.8) is 0 Å². The van der Waals surface area contributed by atoms with Crippen LogP contribution in [0.5, 0.6) is 0 Å². The Labute approximate surface area is 116 Å². The molecule has 3 nitrogen and oxygen atoms in total. The molecule has 3 heteroatoms. The second-order valence-corrected chi connectivity index (χ2v) is 4.67. The molecule has 3 aromatic rings. The molecule has 3 rings (SSSR count). The van der Waals surface area contributed by atoms with Crippen LogP contribution >= 0.6 is 0 Å². The minimum Gasteiger partial charge on any atom is -0.281 e. The zero-order valence-corrected chi connectivity index (χ0v) is 11.0. The van der Waals surface area contributed by atoms with E-state index in [1.54, 1.807) is 28.8 Å². The van der Waals surface area contributed by atoms with E-state index in [0.717, 1.165) is 16.8 Å². The van der Waals surface area contributed by atoms with Crippen molar-refractivity contribution in [2.45, 2.75) is 6.92 Å². The molecule has 0 aliphatic rings. The summed E-state index contributed by atoms with van der Waals surface area (Å²) in [6, 6.07) is 18.7. The third-order valence-electron chi connectivity index (χ3n) is 3.37. The van der Waals surface area contributed by atoms with E-state index in [0.29, 0.717) is 10.9 Å². The van der Waals surface area contributed by atoms with Gasteiger partial charge in [-0.15, -0.1) is 0 Å². The molecule has 2 aromatic carbocycles. The van der Waals surface area contributed by atoms with Crippen LogP contribution in [0.15, 0.2) is 59.4 Å². The van der Waals surface area contributed by atoms with Crippen LogP contribution in [-0.2, 0) is 0 Å². The Bertz CT molecular complexity index is 883. The van der Waals surface area contributed by atoms with Gasteiger partial charge in [0.15, 0.2) is 0 Å². The summed E-state index contributed by atoms with van der Waals surface area (Å²) in [7, 11) is 0. The number of benzene rings is 2. The minimum atomic E-state index is -0.0368. The Morgan fingerprint density at radius 2 is 1.75 bits per heavy atom. The predicted octanol–water partition coefficient (Wildman–Crippen LogP) is 3.17. The molecule has 20 heavy (non-hydrogen) atoms. The zero-order chi connectivity index (χ0) is 14.1. The van der Waals surface area contributed by atoms with Crippen LogP contribution in [-0.4, -0.2) is 4.57 Å². The van der Waals surface area contributed by atoms with E-state index in [4.69, 9.17) is 5.26 Å². The second kappa shape index (κ2) is 4.67. The molecule has 0 N–H and O–H groups in total. The van der Waals surface area contributed by atoms with Crippen LogP contribution in [0.2, 0.25) is 0 Å². The second-order valence-electron chi connectivity index (χ2n) is 4.67. The molecule has 0 aliphatic carbocycles. The highest BCUT2D eigenvalue weighted by molar-refractivity contribution is 5.82. The van der Waals surface area contributed by atoms with Gasteiger partial charge in [-0.05, 0) is 48.7 Å². The first-order valence-corrected chi connectivity index (χ1v) is 6.32. The van der Waals surface area contributed by atoms with Gasteiger partial charge in [-0.3, -0.25) is 9.36 Å². The van der Waals surface area contributed by atoms with Crippen LogP contribution in [0.25, 0.3) is 16.5 Å². The maximum absolute atomic E-state index is 12.6. The molecule has 0 atom stereocenters. The summed E-state index contributed by atoms with van der Waals surface area (Å²) >= 11 is 0. The smallest absolute Gasteiger partial charge is 0.263 e. The van der Waals surface area contributed by atoms with Gasteiger partial charge >= 0.3 is 0 Å². The molecule has 96 valence electrons. The average molecular weight is 260 g/mol. The molecule has 0 saturated heterocycles. The summed E-state index contributed by atoms with van der Waals surface area (Å²) in [5.41, 5.74) is 2.20. The van der Waals surface area contributed by atoms with Gasteiger partial charge in [0.05, 0.1) is 11.6 Å². The van der Waals surface area contributed by atoms with E-state index in [1.165, 1.54) is 0 Å². The van der Waals surface area contributed by atoms with Crippen LogP contribution in [0.1, 0.15) is 11.3 Å². The first kappa shape index (κ1) is 12.2. The van der Waals surface area contributed by atoms with Gasteiger partial charge < -0.3 is 0 Å². The fraction of sp³-hybridized carbons (Fsp3) is 0.0588. The zero-order valence-electron chi connectivity index (χ0n) is 11.0. The number of rotatable bonds is 1. The van der Waals surface area contributed by atoms with Gasteiger partial charge in [0.25, 0.3) is 5.56 Å². The highest BCUT2D eigenvalue weighted by Crippen LogP contribution is 2.15. The number of aromatic nitrogens is 1. The molecular weight excluding hydrogens is 248 g/mol. The molecule has 0 amide bonds. The Kier molecular flexibility index (Phi) is 2.85. The Balaban J connectivity index is 2.30. The predicted molar refractivity (Wildman–Crippen MR) is 79.0 cm³/mol. The summed E-state index contributed by atoms with van der Waals surface area (Å²) in [5.74, 6) is 0. The molecule has 0 spiro atoms. The third kappa shape index (κ3) is 1.88. The Morgan fingerprint density at radius 3 is 2.45 bits per heavy atom. The van der Waals surface area contributed by atoms with E-state index >= 15 is 0 Å². The Hall–Kier alpha value is -2.86. The fourth-order valence-electron chi connectivity index (χ4n) is 2.39. The number of hydrogen-bond donors (Lipinski definition) is 0. The number of aryl methyl sites for hydroxylation is 1. The average Bonchev–Trinajstić information content (AvgIpc) is 2.48. The highest BCUT2D eigenvalue weighted by Gasteiger charge is 2.07. The molecular formula is C17H12N2O. The lowest BCUT2D eigenvalue weighted by molar-refractivity contribution is 0.950. The van der Waals surface area contributed by atoms with Crippen molar-refractivity contribution in [3.05, 3.63) is 76.2 Å². The molecule has 0 fully saturated rings. The van der Waals surface area contributed by atoms with E-state index in [2.05, 4.69) is 6.07 Å². The van der Waals surface area contributed by atoms with Crippen molar-refractivity contribution in [2.75, 3.05) is 0 Å². The largest absolute Gasteiger partial charge is 0.281 e. The lowest BCUT2D eigenvalue weighted by atomic mass is 10.1. The van der Waals surface area contributed by atoms with Crippen LogP contribution in [0, 0.1) is 18.3 Å². The Morgan fingerprint density at radius 1 is 1.05 bits per heavy atom. The molecule has 0 radical (unpaired) electrons. The lowest BCUT2D eigenvalue weighted by Crippen LogP contribution is -2.20. The fourth-order valence-corrected chi connectivity index (χ4v) is 2.39. The van der Waals surface area contributed by atoms with Crippen molar-refractivity contribution >= 4 is 10.8 Å². The molecule has 0 bridgehead atoms. The molecule has 0 saturated carbocycles. The quantitative estimate of drug-likeness (QED) is 0.674. The normalized spacial score (nSPS) is 10.4. The molecule has 0 aliphatic heterocycles. The van der Waals surface area contributed by atoms with E-state index < -0.39 is 0 Å².